The van der Waals surface area contributed by atoms with Crippen LogP contribution in [0.25, 0.3) is 10.9 Å². The van der Waals surface area contributed by atoms with Crippen molar-refractivity contribution in [2.45, 2.75) is 33.3 Å². The van der Waals surface area contributed by atoms with E-state index in [0.717, 1.165) is 0 Å². The topological polar surface area (TPSA) is 90.3 Å². The Morgan fingerprint density at radius 3 is 2.52 bits per heavy atom. The van der Waals surface area contributed by atoms with Gasteiger partial charge < -0.3 is 14.6 Å². The minimum atomic E-state index is -0.655. The number of fused-ring (bicyclic) bond motifs is 1. The van der Waals surface area contributed by atoms with Gasteiger partial charge in [0.1, 0.15) is 11.3 Å². The Morgan fingerprint density at radius 2 is 1.83 bits per heavy atom. The highest BCUT2D eigenvalue weighted by Gasteiger charge is 2.21. The van der Waals surface area contributed by atoms with Crippen molar-refractivity contribution < 1.29 is 14.3 Å². The molecule has 3 rings (SSSR count). The number of pyridine rings is 2. The number of benzene rings is 1. The Morgan fingerprint density at radius 1 is 1.14 bits per heavy atom. The van der Waals surface area contributed by atoms with Gasteiger partial charge in [-0.2, -0.15) is 0 Å². The number of carbonyl (C=O) groups is 2. The molecule has 0 bridgehead atoms. The van der Waals surface area contributed by atoms with Crippen LogP contribution in [0, 0.1) is 6.92 Å². The van der Waals surface area contributed by atoms with Crippen LogP contribution in [0.4, 0.5) is 5.69 Å². The molecule has 0 aliphatic heterocycles. The van der Waals surface area contributed by atoms with Crippen LogP contribution < -0.4 is 10.9 Å². The molecular formula is C22H23N3O4. The molecule has 150 valence electrons. The Kier molecular flexibility index (Phi) is 5.24. The van der Waals surface area contributed by atoms with E-state index >= 15 is 0 Å². The van der Waals surface area contributed by atoms with Crippen molar-refractivity contribution in [1.29, 1.82) is 0 Å². The van der Waals surface area contributed by atoms with Gasteiger partial charge in [0.05, 0.1) is 11.1 Å². The molecular weight excluding hydrogens is 370 g/mol. The summed E-state index contributed by atoms with van der Waals surface area (Å²) in [4.78, 5) is 41.8. The van der Waals surface area contributed by atoms with Crippen LogP contribution in [0.2, 0.25) is 0 Å². The van der Waals surface area contributed by atoms with E-state index in [-0.39, 0.29) is 11.3 Å². The molecule has 29 heavy (non-hydrogen) atoms. The van der Waals surface area contributed by atoms with Crippen molar-refractivity contribution >= 4 is 28.5 Å². The minimum Gasteiger partial charge on any atom is -0.455 e. The Balaban J connectivity index is 1.97. The van der Waals surface area contributed by atoms with Crippen molar-refractivity contribution in [2.75, 3.05) is 5.32 Å². The van der Waals surface area contributed by atoms with Gasteiger partial charge in [-0.15, -0.1) is 0 Å². The van der Waals surface area contributed by atoms with E-state index in [1.807, 2.05) is 12.1 Å². The Bertz CT molecular complexity index is 1170. The quantitative estimate of drug-likeness (QED) is 0.689. The maximum Gasteiger partial charge on any atom is 0.357 e. The van der Waals surface area contributed by atoms with E-state index < -0.39 is 17.5 Å². The number of rotatable bonds is 3. The van der Waals surface area contributed by atoms with Crippen molar-refractivity contribution in [3.8, 4) is 0 Å². The molecule has 2 aromatic heterocycles. The third kappa shape index (κ3) is 4.18. The summed E-state index contributed by atoms with van der Waals surface area (Å²) < 4.78 is 6.84. The number of nitrogens with one attached hydrogen (secondary N) is 1. The predicted octanol–water partition coefficient (Wildman–Crippen LogP) is 3.45. The highest BCUT2D eigenvalue weighted by atomic mass is 16.6. The van der Waals surface area contributed by atoms with Gasteiger partial charge in [-0.25, -0.2) is 9.78 Å². The number of amides is 1. The molecule has 0 aliphatic rings. The molecule has 0 saturated heterocycles. The predicted molar refractivity (Wildman–Crippen MR) is 111 cm³/mol. The molecule has 0 aliphatic carbocycles. The summed E-state index contributed by atoms with van der Waals surface area (Å²) >= 11 is 0. The summed E-state index contributed by atoms with van der Waals surface area (Å²) in [5.74, 6) is -1.01. The normalized spacial score (nSPS) is 11.3. The van der Waals surface area contributed by atoms with Crippen LogP contribution in [0.3, 0.4) is 0 Å². The molecule has 0 fully saturated rings. The highest BCUT2D eigenvalue weighted by molar-refractivity contribution is 6.13. The standard InChI is InChI=1S/C22H23N3O4/c1-13-18(15-8-6-7-9-17(15)25(5)20(13)27)19(26)24-14-10-11-23-16(12-14)21(28)29-22(2,3)4/h6-12H,1-5H3,(H,23,24,26). The minimum absolute atomic E-state index is 0.0864. The average molecular weight is 393 g/mol. The van der Waals surface area contributed by atoms with E-state index in [2.05, 4.69) is 10.3 Å². The van der Waals surface area contributed by atoms with Gasteiger partial charge in [0.2, 0.25) is 0 Å². The third-order valence-electron chi connectivity index (χ3n) is 4.39. The monoisotopic (exact) mass is 393 g/mol. The number of carbonyl (C=O) groups excluding carboxylic acids is 2. The van der Waals surface area contributed by atoms with Crippen LogP contribution in [-0.4, -0.2) is 27.0 Å². The molecule has 0 radical (unpaired) electrons. The molecule has 0 atom stereocenters. The summed E-state index contributed by atoms with van der Waals surface area (Å²) in [6.07, 6.45) is 1.42. The largest absolute Gasteiger partial charge is 0.455 e. The molecule has 0 spiro atoms. The number of para-hydroxylation sites is 1. The molecule has 1 amide bonds. The van der Waals surface area contributed by atoms with Crippen molar-refractivity contribution in [3.05, 3.63) is 69.8 Å². The number of anilines is 1. The molecule has 0 saturated carbocycles. The first kappa shape index (κ1) is 20.3. The SMILES string of the molecule is Cc1c(C(=O)Nc2ccnc(C(=O)OC(C)(C)C)c2)c2ccccc2n(C)c1=O. The van der Waals surface area contributed by atoms with Gasteiger partial charge in [0, 0.05) is 29.9 Å². The van der Waals surface area contributed by atoms with E-state index in [4.69, 9.17) is 4.74 Å². The van der Waals surface area contributed by atoms with Gasteiger partial charge in [-0.3, -0.25) is 9.59 Å². The summed E-state index contributed by atoms with van der Waals surface area (Å²) in [7, 11) is 1.68. The number of aryl methyl sites for hydroxylation is 1. The maximum atomic E-state index is 13.0. The number of aromatic nitrogens is 2. The van der Waals surface area contributed by atoms with Gasteiger partial charge in [-0.05, 0) is 45.9 Å². The van der Waals surface area contributed by atoms with Gasteiger partial charge >= 0.3 is 5.97 Å². The van der Waals surface area contributed by atoms with Crippen molar-refractivity contribution in [1.82, 2.24) is 9.55 Å². The second-order valence-electron chi connectivity index (χ2n) is 7.77. The van der Waals surface area contributed by atoms with Crippen LogP contribution in [0.5, 0.6) is 0 Å². The first-order valence-electron chi connectivity index (χ1n) is 9.17. The molecule has 3 aromatic rings. The zero-order valence-electron chi connectivity index (χ0n) is 17.1. The van der Waals surface area contributed by atoms with Crippen LogP contribution in [-0.2, 0) is 11.8 Å². The fraction of sp³-hybridized carbons (Fsp3) is 0.273. The molecule has 1 aromatic carbocycles. The molecule has 0 unspecified atom stereocenters. The first-order valence-corrected chi connectivity index (χ1v) is 9.17. The summed E-state index contributed by atoms with van der Waals surface area (Å²) in [6.45, 7) is 6.92. The second kappa shape index (κ2) is 7.50. The number of ether oxygens (including phenoxy) is 1. The fourth-order valence-electron chi connectivity index (χ4n) is 3.08. The van der Waals surface area contributed by atoms with E-state index in [1.54, 1.807) is 52.9 Å². The lowest BCUT2D eigenvalue weighted by molar-refractivity contribution is 0.00627. The second-order valence-corrected chi connectivity index (χ2v) is 7.77. The van der Waals surface area contributed by atoms with E-state index in [9.17, 15) is 14.4 Å². The molecule has 2 heterocycles. The summed E-state index contributed by atoms with van der Waals surface area (Å²) in [6, 6.07) is 10.2. The number of hydrogen-bond donors (Lipinski definition) is 1. The molecule has 1 N–H and O–H groups in total. The zero-order chi connectivity index (χ0) is 21.3. The lowest BCUT2D eigenvalue weighted by atomic mass is 10.0. The zero-order valence-corrected chi connectivity index (χ0v) is 17.1. The number of esters is 1. The molecule has 7 nitrogen and oxygen atoms in total. The summed E-state index contributed by atoms with van der Waals surface area (Å²) in [5.41, 5.74) is 0.899. The fourth-order valence-corrected chi connectivity index (χ4v) is 3.08. The number of nitrogens with zero attached hydrogens (tertiary/aromatic N) is 2. The van der Waals surface area contributed by atoms with Gasteiger partial charge in [0.25, 0.3) is 11.5 Å². The third-order valence-corrected chi connectivity index (χ3v) is 4.39. The Labute approximate surface area is 168 Å². The number of hydrogen-bond acceptors (Lipinski definition) is 5. The van der Waals surface area contributed by atoms with Crippen molar-refractivity contribution in [2.24, 2.45) is 7.05 Å². The van der Waals surface area contributed by atoms with E-state index in [1.165, 1.54) is 16.8 Å². The van der Waals surface area contributed by atoms with Crippen molar-refractivity contribution in [3.63, 3.8) is 0 Å². The highest BCUT2D eigenvalue weighted by Crippen LogP contribution is 2.21. The lowest BCUT2D eigenvalue weighted by Gasteiger charge is -2.19. The van der Waals surface area contributed by atoms with Crippen LogP contribution in [0.1, 0.15) is 47.2 Å². The van der Waals surface area contributed by atoms with E-state index in [0.29, 0.717) is 27.7 Å². The smallest absolute Gasteiger partial charge is 0.357 e. The lowest BCUT2D eigenvalue weighted by Crippen LogP contribution is -2.26. The average Bonchev–Trinajstić information content (AvgIpc) is 2.65. The van der Waals surface area contributed by atoms with Gasteiger partial charge in [-0.1, -0.05) is 18.2 Å². The van der Waals surface area contributed by atoms with Gasteiger partial charge in [0.15, 0.2) is 0 Å². The van der Waals surface area contributed by atoms with Crippen LogP contribution >= 0.6 is 0 Å². The first-order chi connectivity index (χ1) is 13.6. The maximum absolute atomic E-state index is 13.0. The van der Waals surface area contributed by atoms with Crippen LogP contribution in [0.15, 0.2) is 47.4 Å². The molecule has 7 heteroatoms. The summed E-state index contributed by atoms with van der Waals surface area (Å²) in [5, 5.41) is 3.43. The Hall–Kier alpha value is -3.48.